The Morgan fingerprint density at radius 3 is 2.09 bits per heavy atom. The van der Waals surface area contributed by atoms with Gasteiger partial charge in [-0.1, -0.05) is 0 Å². The zero-order valence-electron chi connectivity index (χ0n) is 12.5. The van der Waals surface area contributed by atoms with E-state index in [1.165, 1.54) is 9.79 Å². The van der Waals surface area contributed by atoms with Gasteiger partial charge in [0.25, 0.3) is 0 Å². The number of benzene rings is 2. The molecule has 1 saturated heterocycles. The largest absolute Gasteiger partial charge is 0.508 e. The highest BCUT2D eigenvalue weighted by Gasteiger charge is 2.24. The molecule has 23 heavy (non-hydrogen) atoms. The molecule has 0 unspecified atom stereocenters. The maximum atomic E-state index is 9.31. The standard InChI is InChI=1S/C17H19NO2S2.ClH/c19-13-1-5-15(6-2-13)21-11-12-9-17(10-18-12)22-16-7-3-14(20)4-8-16;/h1-8,12,17-20H,9-11H2;1H/t12-,17-;/m1./s1. The summed E-state index contributed by atoms with van der Waals surface area (Å²) < 4.78 is 0. The second-order valence-corrected chi connectivity index (χ2v) is 7.85. The van der Waals surface area contributed by atoms with E-state index in [0.29, 0.717) is 22.8 Å². The van der Waals surface area contributed by atoms with Crippen molar-refractivity contribution in [1.82, 2.24) is 5.32 Å². The van der Waals surface area contributed by atoms with Crippen molar-refractivity contribution in [2.24, 2.45) is 0 Å². The lowest BCUT2D eigenvalue weighted by Crippen LogP contribution is -2.23. The molecule has 1 fully saturated rings. The van der Waals surface area contributed by atoms with E-state index in [2.05, 4.69) is 5.32 Å². The Morgan fingerprint density at radius 2 is 1.48 bits per heavy atom. The van der Waals surface area contributed by atoms with Gasteiger partial charge in [-0.25, -0.2) is 0 Å². The average molecular weight is 370 g/mol. The lowest BCUT2D eigenvalue weighted by Gasteiger charge is -2.10. The molecule has 6 heteroatoms. The smallest absolute Gasteiger partial charge is 0.115 e. The van der Waals surface area contributed by atoms with E-state index in [1.54, 1.807) is 24.3 Å². The molecule has 0 aromatic heterocycles. The zero-order valence-corrected chi connectivity index (χ0v) is 15.0. The van der Waals surface area contributed by atoms with E-state index in [4.69, 9.17) is 0 Å². The van der Waals surface area contributed by atoms with Crippen molar-refractivity contribution < 1.29 is 10.2 Å². The summed E-state index contributed by atoms with van der Waals surface area (Å²) in [5, 5.41) is 22.8. The van der Waals surface area contributed by atoms with Gasteiger partial charge in [-0.15, -0.1) is 35.9 Å². The molecule has 0 bridgehead atoms. The van der Waals surface area contributed by atoms with E-state index in [1.807, 2.05) is 47.8 Å². The van der Waals surface area contributed by atoms with E-state index in [0.717, 1.165) is 18.7 Å². The second-order valence-electron chi connectivity index (χ2n) is 5.38. The summed E-state index contributed by atoms with van der Waals surface area (Å²) in [5.41, 5.74) is 0. The van der Waals surface area contributed by atoms with Crippen LogP contribution in [0.1, 0.15) is 6.42 Å². The van der Waals surface area contributed by atoms with Crippen LogP contribution in [0.3, 0.4) is 0 Å². The third-order valence-corrected chi connectivity index (χ3v) is 6.02. The molecule has 3 N–H and O–H groups in total. The highest BCUT2D eigenvalue weighted by atomic mass is 35.5. The van der Waals surface area contributed by atoms with Crippen molar-refractivity contribution in [3.8, 4) is 11.5 Å². The predicted molar refractivity (Wildman–Crippen MR) is 100 cm³/mol. The van der Waals surface area contributed by atoms with Crippen LogP contribution in [-0.2, 0) is 0 Å². The molecular weight excluding hydrogens is 350 g/mol. The van der Waals surface area contributed by atoms with Crippen LogP contribution in [0.4, 0.5) is 0 Å². The number of hydrogen-bond acceptors (Lipinski definition) is 5. The van der Waals surface area contributed by atoms with Crippen LogP contribution in [0.25, 0.3) is 0 Å². The molecule has 0 saturated carbocycles. The first-order valence-corrected chi connectivity index (χ1v) is 9.16. The average Bonchev–Trinajstić information content (AvgIpc) is 2.97. The summed E-state index contributed by atoms with van der Waals surface area (Å²) in [7, 11) is 0. The fourth-order valence-electron chi connectivity index (χ4n) is 2.46. The molecule has 3 rings (SSSR count). The van der Waals surface area contributed by atoms with E-state index < -0.39 is 0 Å². The van der Waals surface area contributed by atoms with Gasteiger partial charge in [0.2, 0.25) is 0 Å². The predicted octanol–water partition coefficient (Wildman–Crippen LogP) is 4.13. The van der Waals surface area contributed by atoms with Gasteiger partial charge < -0.3 is 15.5 Å². The Bertz CT molecular complexity index is 607. The van der Waals surface area contributed by atoms with Crippen LogP contribution in [0.5, 0.6) is 11.5 Å². The Hall–Kier alpha value is -1.01. The van der Waals surface area contributed by atoms with Gasteiger partial charge in [0.1, 0.15) is 11.5 Å². The summed E-state index contributed by atoms with van der Waals surface area (Å²) in [4.78, 5) is 2.39. The van der Waals surface area contributed by atoms with Crippen molar-refractivity contribution >= 4 is 35.9 Å². The maximum absolute atomic E-state index is 9.31. The van der Waals surface area contributed by atoms with Gasteiger partial charge in [-0.05, 0) is 55.0 Å². The zero-order chi connectivity index (χ0) is 15.4. The van der Waals surface area contributed by atoms with Crippen LogP contribution < -0.4 is 5.32 Å². The van der Waals surface area contributed by atoms with Crippen molar-refractivity contribution in [2.75, 3.05) is 12.3 Å². The van der Waals surface area contributed by atoms with Crippen molar-refractivity contribution in [2.45, 2.75) is 27.5 Å². The fourth-order valence-corrected chi connectivity index (χ4v) is 4.62. The van der Waals surface area contributed by atoms with Crippen molar-refractivity contribution in [3.05, 3.63) is 48.5 Å². The Morgan fingerprint density at radius 1 is 0.913 bits per heavy atom. The Labute approximate surface area is 151 Å². The molecular formula is C17H20ClNO2S2. The minimum atomic E-state index is 0. The topological polar surface area (TPSA) is 52.5 Å². The molecule has 3 nitrogen and oxygen atoms in total. The van der Waals surface area contributed by atoms with Gasteiger partial charge in [-0.2, -0.15) is 0 Å². The molecule has 2 atom stereocenters. The maximum Gasteiger partial charge on any atom is 0.115 e. The molecule has 124 valence electrons. The molecule has 2 aromatic rings. The monoisotopic (exact) mass is 369 g/mol. The first-order valence-electron chi connectivity index (χ1n) is 7.30. The van der Waals surface area contributed by atoms with Gasteiger partial charge >= 0.3 is 0 Å². The number of aromatic hydroxyl groups is 2. The summed E-state index contributed by atoms with van der Waals surface area (Å²) in [6, 6.07) is 15.3. The number of phenolic OH excluding ortho intramolecular Hbond substituents is 2. The van der Waals surface area contributed by atoms with Crippen LogP contribution in [0.15, 0.2) is 58.3 Å². The SMILES string of the molecule is Cl.Oc1ccc(SC[C@H]2C[C@@H](Sc3ccc(O)cc3)CN2)cc1. The number of halogens is 1. The van der Waals surface area contributed by atoms with Gasteiger partial charge in [0.05, 0.1) is 0 Å². The third kappa shape index (κ3) is 5.53. The summed E-state index contributed by atoms with van der Waals surface area (Å²) >= 11 is 3.69. The Balaban J connectivity index is 0.00000192. The second kappa shape index (κ2) is 8.73. The van der Waals surface area contributed by atoms with Gasteiger partial charge in [0.15, 0.2) is 0 Å². The van der Waals surface area contributed by atoms with E-state index in [-0.39, 0.29) is 12.4 Å². The number of rotatable bonds is 5. The first-order chi connectivity index (χ1) is 10.7. The molecule has 0 amide bonds. The highest BCUT2D eigenvalue weighted by Crippen LogP contribution is 2.31. The number of phenols is 2. The van der Waals surface area contributed by atoms with Crippen molar-refractivity contribution in [3.63, 3.8) is 0 Å². The highest BCUT2D eigenvalue weighted by molar-refractivity contribution is 8.00. The fraction of sp³-hybridized carbons (Fsp3) is 0.294. The molecule has 1 heterocycles. The molecule has 0 radical (unpaired) electrons. The van der Waals surface area contributed by atoms with E-state index >= 15 is 0 Å². The van der Waals surface area contributed by atoms with E-state index in [9.17, 15) is 10.2 Å². The summed E-state index contributed by atoms with van der Waals surface area (Å²) in [6.07, 6.45) is 1.15. The normalized spacial score (nSPS) is 20.2. The lowest BCUT2D eigenvalue weighted by atomic mass is 10.2. The molecule has 1 aliphatic heterocycles. The number of nitrogens with one attached hydrogen (secondary N) is 1. The lowest BCUT2D eigenvalue weighted by molar-refractivity contribution is 0.474. The minimum Gasteiger partial charge on any atom is -0.508 e. The summed E-state index contributed by atoms with van der Waals surface area (Å²) in [6.45, 7) is 1.02. The molecule has 0 aliphatic carbocycles. The van der Waals surface area contributed by atoms with Crippen LogP contribution >= 0.6 is 35.9 Å². The van der Waals surface area contributed by atoms with Crippen LogP contribution in [0.2, 0.25) is 0 Å². The Kier molecular flexibility index (Phi) is 6.96. The minimum absolute atomic E-state index is 0. The number of hydrogen-bond donors (Lipinski definition) is 3. The summed E-state index contributed by atoms with van der Waals surface area (Å²) in [5.74, 6) is 1.67. The molecule has 1 aliphatic rings. The van der Waals surface area contributed by atoms with Crippen molar-refractivity contribution in [1.29, 1.82) is 0 Å². The molecule has 2 aromatic carbocycles. The quantitative estimate of drug-likeness (QED) is 0.692. The van der Waals surface area contributed by atoms with Crippen LogP contribution in [-0.4, -0.2) is 33.8 Å². The van der Waals surface area contributed by atoms with Gasteiger partial charge in [0, 0.05) is 33.4 Å². The van der Waals surface area contributed by atoms with Gasteiger partial charge in [-0.3, -0.25) is 0 Å². The number of thioether (sulfide) groups is 2. The first kappa shape index (κ1) is 18.3. The third-order valence-electron chi connectivity index (χ3n) is 3.61. The molecule has 0 spiro atoms. The van der Waals surface area contributed by atoms with Crippen LogP contribution in [0, 0.1) is 0 Å².